The van der Waals surface area contributed by atoms with Crippen molar-refractivity contribution in [3.63, 3.8) is 0 Å². The van der Waals surface area contributed by atoms with Crippen molar-refractivity contribution in [2.45, 2.75) is 6.92 Å². The number of hydrogen-bond acceptors (Lipinski definition) is 3. The van der Waals surface area contributed by atoms with Crippen LogP contribution in [0.3, 0.4) is 0 Å². The summed E-state index contributed by atoms with van der Waals surface area (Å²) in [7, 11) is 0. The van der Waals surface area contributed by atoms with E-state index in [1.165, 1.54) is 0 Å². The Labute approximate surface area is 77.0 Å². The molecule has 2 aromatic rings. The van der Waals surface area contributed by atoms with Crippen LogP contribution in [-0.2, 0) is 0 Å². The molecule has 0 radical (unpaired) electrons. The third-order valence-electron chi connectivity index (χ3n) is 1.65. The average Bonchev–Trinajstić information content (AvgIpc) is 2.53. The molecule has 2 rings (SSSR count). The fourth-order valence-corrected chi connectivity index (χ4v) is 2.29. The zero-order chi connectivity index (χ0) is 8.39. The summed E-state index contributed by atoms with van der Waals surface area (Å²) in [6.07, 6.45) is 0. The second-order valence-electron chi connectivity index (χ2n) is 2.47. The second-order valence-corrected chi connectivity index (χ2v) is 3.58. The molecule has 3 nitrogen and oxygen atoms in total. The number of rotatable bonds is 2. The van der Waals surface area contributed by atoms with Gasteiger partial charge < -0.3 is 0 Å². The molecule has 1 aromatic carbocycles. The molecule has 0 aliphatic carbocycles. The fourth-order valence-electron chi connectivity index (χ4n) is 1.14. The Morgan fingerprint density at radius 3 is 3.17 bits per heavy atom. The van der Waals surface area contributed by atoms with Crippen LogP contribution in [0, 0.1) is 0 Å². The van der Waals surface area contributed by atoms with Gasteiger partial charge in [-0.15, -0.1) is 0 Å². The number of nitrogens with zero attached hydrogens (tertiary/aromatic N) is 2. The van der Waals surface area contributed by atoms with E-state index in [2.05, 4.69) is 20.2 Å². The van der Waals surface area contributed by atoms with Crippen molar-refractivity contribution >= 4 is 31.7 Å². The van der Waals surface area contributed by atoms with Crippen molar-refractivity contribution in [3.8, 4) is 0 Å². The molecular formula is C8H9N3Se. The number of anilines is 1. The van der Waals surface area contributed by atoms with Crippen molar-refractivity contribution < 1.29 is 0 Å². The third kappa shape index (κ3) is 1.24. The van der Waals surface area contributed by atoms with Crippen LogP contribution < -0.4 is 5.32 Å². The van der Waals surface area contributed by atoms with Crippen LogP contribution in [0.15, 0.2) is 18.2 Å². The molecule has 1 aromatic heterocycles. The minimum absolute atomic E-state index is 0.0772. The Morgan fingerprint density at radius 2 is 2.33 bits per heavy atom. The van der Waals surface area contributed by atoms with Crippen LogP contribution in [0.2, 0.25) is 0 Å². The summed E-state index contributed by atoms with van der Waals surface area (Å²) in [4.78, 5) is 0. The first-order chi connectivity index (χ1) is 5.92. The molecule has 0 aliphatic rings. The Kier molecular flexibility index (Phi) is 2.11. The SMILES string of the molecule is CCNc1cccc2n[se]nc12. The van der Waals surface area contributed by atoms with E-state index in [1.54, 1.807) is 0 Å². The van der Waals surface area contributed by atoms with Crippen molar-refractivity contribution in [2.75, 3.05) is 11.9 Å². The van der Waals surface area contributed by atoms with Gasteiger partial charge in [0, 0.05) is 0 Å². The predicted molar refractivity (Wildman–Crippen MR) is 50.6 cm³/mol. The molecule has 0 bridgehead atoms. The van der Waals surface area contributed by atoms with Gasteiger partial charge in [0.1, 0.15) is 0 Å². The van der Waals surface area contributed by atoms with E-state index in [4.69, 9.17) is 0 Å². The Balaban J connectivity index is 2.57. The van der Waals surface area contributed by atoms with Crippen LogP contribution >= 0.6 is 0 Å². The van der Waals surface area contributed by atoms with Gasteiger partial charge in [-0.25, -0.2) is 0 Å². The maximum atomic E-state index is 4.35. The topological polar surface area (TPSA) is 37.8 Å². The first kappa shape index (κ1) is 7.77. The second kappa shape index (κ2) is 3.25. The van der Waals surface area contributed by atoms with Crippen molar-refractivity contribution in [1.29, 1.82) is 0 Å². The zero-order valence-corrected chi connectivity index (χ0v) is 8.45. The first-order valence-electron chi connectivity index (χ1n) is 3.87. The molecule has 4 heteroatoms. The molecule has 0 spiro atoms. The molecule has 0 aliphatic heterocycles. The van der Waals surface area contributed by atoms with Gasteiger partial charge in [-0.1, -0.05) is 0 Å². The number of benzene rings is 1. The fraction of sp³-hybridized carbons (Fsp3) is 0.250. The van der Waals surface area contributed by atoms with E-state index in [0.29, 0.717) is 0 Å². The van der Waals surface area contributed by atoms with Crippen molar-refractivity contribution in [2.24, 2.45) is 0 Å². The molecule has 0 saturated carbocycles. The quantitative estimate of drug-likeness (QED) is 0.780. The summed E-state index contributed by atoms with van der Waals surface area (Å²) in [5.74, 6) is 0. The summed E-state index contributed by atoms with van der Waals surface area (Å²) >= 11 is 0.0772. The van der Waals surface area contributed by atoms with Gasteiger partial charge in [0.25, 0.3) is 0 Å². The van der Waals surface area contributed by atoms with E-state index in [-0.39, 0.29) is 15.0 Å². The van der Waals surface area contributed by atoms with Crippen molar-refractivity contribution in [1.82, 2.24) is 7.96 Å². The summed E-state index contributed by atoms with van der Waals surface area (Å²) in [6, 6.07) is 6.06. The first-order valence-corrected chi connectivity index (χ1v) is 5.40. The monoisotopic (exact) mass is 227 g/mol. The van der Waals surface area contributed by atoms with Gasteiger partial charge in [-0.2, -0.15) is 0 Å². The van der Waals surface area contributed by atoms with Gasteiger partial charge in [0.15, 0.2) is 0 Å². The molecule has 0 saturated heterocycles. The Bertz CT molecular complexity index is 382. The van der Waals surface area contributed by atoms with E-state index >= 15 is 0 Å². The number of nitrogens with one attached hydrogen (secondary N) is 1. The maximum absolute atomic E-state index is 4.35. The van der Waals surface area contributed by atoms with Crippen LogP contribution in [0.4, 0.5) is 5.69 Å². The van der Waals surface area contributed by atoms with E-state index in [9.17, 15) is 0 Å². The molecule has 0 unspecified atom stereocenters. The van der Waals surface area contributed by atoms with Gasteiger partial charge in [0.05, 0.1) is 0 Å². The molecule has 0 atom stereocenters. The van der Waals surface area contributed by atoms with Gasteiger partial charge in [-0.3, -0.25) is 0 Å². The average molecular weight is 226 g/mol. The predicted octanol–water partition coefficient (Wildman–Crippen LogP) is 1.12. The molecule has 1 N–H and O–H groups in total. The van der Waals surface area contributed by atoms with Crippen LogP contribution in [0.1, 0.15) is 6.92 Å². The minimum atomic E-state index is 0.0772. The van der Waals surface area contributed by atoms with Gasteiger partial charge in [-0.05, 0) is 0 Å². The van der Waals surface area contributed by atoms with E-state index in [1.807, 2.05) is 18.2 Å². The number of aromatic nitrogens is 2. The van der Waals surface area contributed by atoms with Crippen molar-refractivity contribution in [3.05, 3.63) is 18.2 Å². The van der Waals surface area contributed by atoms with Crippen LogP contribution in [0.5, 0.6) is 0 Å². The molecule has 12 heavy (non-hydrogen) atoms. The molecular weight excluding hydrogens is 217 g/mol. The van der Waals surface area contributed by atoms with Crippen LogP contribution in [-0.4, -0.2) is 29.5 Å². The summed E-state index contributed by atoms with van der Waals surface area (Å²) < 4.78 is 8.65. The Morgan fingerprint density at radius 1 is 1.42 bits per heavy atom. The third-order valence-corrected chi connectivity index (χ3v) is 2.79. The van der Waals surface area contributed by atoms with E-state index < -0.39 is 0 Å². The summed E-state index contributed by atoms with van der Waals surface area (Å²) in [6.45, 7) is 3.01. The standard InChI is InChI=1S/C8H9N3Se/c1-2-9-6-4-3-5-7-8(6)11-12-10-7/h3-5,9H,2H2,1H3. The molecule has 1 heterocycles. The van der Waals surface area contributed by atoms with E-state index in [0.717, 1.165) is 23.3 Å². The molecule has 0 fully saturated rings. The van der Waals surface area contributed by atoms with Gasteiger partial charge in [0.2, 0.25) is 0 Å². The Hall–Kier alpha value is -0.861. The van der Waals surface area contributed by atoms with Crippen LogP contribution in [0.25, 0.3) is 11.0 Å². The number of hydrogen-bond donors (Lipinski definition) is 1. The normalized spacial score (nSPS) is 10.4. The zero-order valence-electron chi connectivity index (χ0n) is 6.74. The summed E-state index contributed by atoms with van der Waals surface area (Å²) in [5, 5.41) is 3.26. The summed E-state index contributed by atoms with van der Waals surface area (Å²) in [5.41, 5.74) is 3.19. The van der Waals surface area contributed by atoms with Gasteiger partial charge >= 0.3 is 76.6 Å². The molecule has 0 amide bonds. The molecule has 62 valence electrons. The number of fused-ring (bicyclic) bond motifs is 1.